The number of hydrogen-bond donors (Lipinski definition) is 2. The maximum atomic E-state index is 12.0. The molecule has 0 aromatic carbocycles. The first-order valence-corrected chi connectivity index (χ1v) is 5.92. The van der Waals surface area contributed by atoms with Gasteiger partial charge in [-0.3, -0.25) is 9.59 Å². The summed E-state index contributed by atoms with van der Waals surface area (Å²) in [4.78, 5) is 24.1. The average molecular weight is 232 g/mol. The molecule has 88 valence electrons. The van der Waals surface area contributed by atoms with Gasteiger partial charge >= 0.3 is 0 Å². The van der Waals surface area contributed by atoms with E-state index in [1.54, 1.807) is 0 Å². The SMILES string of the molecule is O=C1NN=C2CCC34CC12CCC3=NNC4=O. The van der Waals surface area contributed by atoms with Gasteiger partial charge in [0.1, 0.15) is 0 Å². The first-order valence-electron chi connectivity index (χ1n) is 5.92. The van der Waals surface area contributed by atoms with Crippen LogP contribution in [0.2, 0.25) is 0 Å². The maximum Gasteiger partial charge on any atom is 0.252 e. The fraction of sp³-hybridized carbons (Fsp3) is 0.636. The van der Waals surface area contributed by atoms with Crippen molar-refractivity contribution < 1.29 is 9.59 Å². The van der Waals surface area contributed by atoms with Crippen LogP contribution < -0.4 is 10.9 Å². The second-order valence-corrected chi connectivity index (χ2v) is 5.34. The average Bonchev–Trinajstić information content (AvgIpc) is 2.80. The molecule has 6 heteroatoms. The Balaban J connectivity index is 1.87. The van der Waals surface area contributed by atoms with E-state index in [1.165, 1.54) is 0 Å². The van der Waals surface area contributed by atoms with Gasteiger partial charge in [-0.25, -0.2) is 10.9 Å². The van der Waals surface area contributed by atoms with Crippen LogP contribution in [0.4, 0.5) is 0 Å². The van der Waals surface area contributed by atoms with E-state index in [9.17, 15) is 9.59 Å². The lowest BCUT2D eigenvalue weighted by atomic mass is 9.53. The fourth-order valence-electron chi connectivity index (χ4n) is 3.75. The van der Waals surface area contributed by atoms with E-state index in [0.29, 0.717) is 19.3 Å². The van der Waals surface area contributed by atoms with Crippen LogP contribution in [-0.4, -0.2) is 23.2 Å². The lowest BCUT2D eigenvalue weighted by Gasteiger charge is -2.46. The van der Waals surface area contributed by atoms with Crippen LogP contribution in [0.15, 0.2) is 10.2 Å². The van der Waals surface area contributed by atoms with Crippen molar-refractivity contribution >= 4 is 23.2 Å². The van der Waals surface area contributed by atoms with Gasteiger partial charge in [-0.05, 0) is 32.1 Å². The Labute approximate surface area is 97.5 Å². The van der Waals surface area contributed by atoms with Crippen molar-refractivity contribution in [3.8, 4) is 0 Å². The van der Waals surface area contributed by atoms with E-state index in [-0.39, 0.29) is 11.8 Å². The highest BCUT2D eigenvalue weighted by Gasteiger charge is 2.63. The van der Waals surface area contributed by atoms with Crippen molar-refractivity contribution in [3.63, 3.8) is 0 Å². The molecule has 2 saturated carbocycles. The summed E-state index contributed by atoms with van der Waals surface area (Å²) in [5.41, 5.74) is 5.97. The second kappa shape index (κ2) is 2.57. The summed E-state index contributed by atoms with van der Waals surface area (Å²) in [5, 5.41) is 8.26. The van der Waals surface area contributed by atoms with E-state index in [4.69, 9.17) is 0 Å². The van der Waals surface area contributed by atoms with Gasteiger partial charge in [-0.1, -0.05) is 0 Å². The highest BCUT2D eigenvalue weighted by atomic mass is 16.2. The van der Waals surface area contributed by atoms with E-state index >= 15 is 0 Å². The predicted octanol–water partition coefficient (Wildman–Crippen LogP) is -0.0915. The van der Waals surface area contributed by atoms with Crippen LogP contribution >= 0.6 is 0 Å². The molecule has 2 spiro atoms. The standard InChI is InChI=1S/C11H12N4O2/c16-8-10-3-1-6-11(5-10,9(17)14-12-6)4-2-7(10)13-15-8/h1-5H2,(H,14,17)(H,15,16). The van der Waals surface area contributed by atoms with Gasteiger partial charge in [0, 0.05) is 0 Å². The molecule has 4 aliphatic rings. The Morgan fingerprint density at radius 2 is 1.35 bits per heavy atom. The third kappa shape index (κ3) is 0.852. The minimum absolute atomic E-state index is 0.0367. The molecule has 4 rings (SSSR count). The Kier molecular flexibility index (Phi) is 1.41. The third-order valence-electron chi connectivity index (χ3n) is 4.74. The number of hydrazone groups is 2. The first kappa shape index (κ1) is 9.32. The van der Waals surface area contributed by atoms with E-state index in [2.05, 4.69) is 21.1 Å². The number of rotatable bonds is 0. The Bertz CT molecular complexity index is 478. The molecule has 0 radical (unpaired) electrons. The fourth-order valence-corrected chi connectivity index (χ4v) is 3.75. The van der Waals surface area contributed by atoms with Crippen molar-refractivity contribution in [2.24, 2.45) is 21.0 Å². The molecule has 2 atom stereocenters. The minimum atomic E-state index is -0.529. The first-order chi connectivity index (χ1) is 8.17. The maximum absolute atomic E-state index is 12.0. The van der Waals surface area contributed by atoms with Crippen LogP contribution in [-0.2, 0) is 9.59 Å². The summed E-state index contributed by atoms with van der Waals surface area (Å²) < 4.78 is 0. The number of nitrogens with one attached hydrogen (secondary N) is 2. The van der Waals surface area contributed by atoms with E-state index in [1.807, 2.05) is 0 Å². The van der Waals surface area contributed by atoms with Crippen LogP contribution in [0, 0.1) is 10.8 Å². The van der Waals surface area contributed by atoms with Gasteiger partial charge < -0.3 is 0 Å². The molecule has 2 amide bonds. The molecule has 0 aromatic rings. The number of hydrogen-bond acceptors (Lipinski definition) is 4. The van der Waals surface area contributed by atoms with Crippen molar-refractivity contribution in [1.82, 2.24) is 10.9 Å². The van der Waals surface area contributed by atoms with Gasteiger partial charge in [0.2, 0.25) is 0 Å². The zero-order valence-corrected chi connectivity index (χ0v) is 9.25. The number of carbonyl (C=O) groups is 2. The Morgan fingerprint density at radius 3 is 1.82 bits per heavy atom. The van der Waals surface area contributed by atoms with Gasteiger partial charge in [-0.2, -0.15) is 10.2 Å². The smallest absolute Gasteiger partial charge is 0.252 e. The largest absolute Gasteiger partial charge is 0.272 e. The summed E-state index contributed by atoms with van der Waals surface area (Å²) in [5.74, 6) is -0.0735. The van der Waals surface area contributed by atoms with Gasteiger partial charge in [0.05, 0.1) is 22.3 Å². The molecule has 2 bridgehead atoms. The Hall–Kier alpha value is -1.72. The summed E-state index contributed by atoms with van der Waals surface area (Å²) in [6.07, 6.45) is 3.44. The number of amides is 2. The molecule has 2 aliphatic heterocycles. The van der Waals surface area contributed by atoms with Crippen LogP contribution in [0.3, 0.4) is 0 Å². The lowest BCUT2D eigenvalue weighted by Crippen LogP contribution is -2.55. The topological polar surface area (TPSA) is 82.9 Å². The van der Waals surface area contributed by atoms with Crippen LogP contribution in [0.1, 0.15) is 32.1 Å². The monoisotopic (exact) mass is 232 g/mol. The predicted molar refractivity (Wildman–Crippen MR) is 59.1 cm³/mol. The molecule has 17 heavy (non-hydrogen) atoms. The molecule has 2 heterocycles. The second-order valence-electron chi connectivity index (χ2n) is 5.34. The van der Waals surface area contributed by atoms with Gasteiger partial charge in [-0.15, -0.1) is 0 Å². The highest BCUT2D eigenvalue weighted by molar-refractivity contribution is 6.20. The lowest BCUT2D eigenvalue weighted by molar-refractivity contribution is -0.133. The van der Waals surface area contributed by atoms with Crippen LogP contribution in [0.5, 0.6) is 0 Å². The minimum Gasteiger partial charge on any atom is -0.272 e. The quantitative estimate of drug-likeness (QED) is 0.611. The van der Waals surface area contributed by atoms with Crippen molar-refractivity contribution in [1.29, 1.82) is 0 Å². The Morgan fingerprint density at radius 1 is 0.882 bits per heavy atom. The molecular weight excluding hydrogens is 220 g/mol. The highest BCUT2D eigenvalue weighted by Crippen LogP contribution is 2.55. The molecule has 2 N–H and O–H groups in total. The molecule has 6 nitrogen and oxygen atoms in total. The third-order valence-corrected chi connectivity index (χ3v) is 4.74. The number of carbonyl (C=O) groups excluding carboxylic acids is 2. The number of nitrogens with zero attached hydrogens (tertiary/aromatic N) is 2. The van der Waals surface area contributed by atoms with E-state index in [0.717, 1.165) is 24.3 Å². The van der Waals surface area contributed by atoms with Crippen molar-refractivity contribution in [3.05, 3.63) is 0 Å². The molecular formula is C11H12N4O2. The summed E-state index contributed by atoms with van der Waals surface area (Å²) in [6, 6.07) is 0. The van der Waals surface area contributed by atoms with Gasteiger partial charge in [0.15, 0.2) is 0 Å². The molecule has 2 aliphatic carbocycles. The van der Waals surface area contributed by atoms with Crippen molar-refractivity contribution in [2.75, 3.05) is 0 Å². The zero-order valence-electron chi connectivity index (χ0n) is 9.25. The van der Waals surface area contributed by atoms with E-state index < -0.39 is 10.8 Å². The molecule has 0 saturated heterocycles. The summed E-state index contributed by atoms with van der Waals surface area (Å²) >= 11 is 0. The summed E-state index contributed by atoms with van der Waals surface area (Å²) in [6.45, 7) is 0. The molecule has 2 unspecified atom stereocenters. The normalized spacial score (nSPS) is 42.1. The molecule has 2 fully saturated rings. The molecule has 0 aromatic heterocycles. The summed E-state index contributed by atoms with van der Waals surface area (Å²) in [7, 11) is 0. The van der Waals surface area contributed by atoms with Crippen molar-refractivity contribution in [2.45, 2.75) is 32.1 Å². The zero-order chi connectivity index (χ0) is 11.7. The van der Waals surface area contributed by atoms with Gasteiger partial charge in [0.25, 0.3) is 11.8 Å². The van der Waals surface area contributed by atoms with Crippen LogP contribution in [0.25, 0.3) is 0 Å².